The van der Waals surface area contributed by atoms with E-state index in [1.54, 1.807) is 0 Å². The van der Waals surface area contributed by atoms with Gasteiger partial charge in [-0.25, -0.2) is 4.68 Å². The molecule has 0 radical (unpaired) electrons. The van der Waals surface area contributed by atoms with Crippen molar-refractivity contribution in [3.05, 3.63) is 11.9 Å². The van der Waals surface area contributed by atoms with Crippen LogP contribution < -0.4 is 0 Å². The topological polar surface area (TPSA) is 50.9 Å². The van der Waals surface area contributed by atoms with Crippen LogP contribution in [0.4, 0.5) is 13.2 Å². The molecule has 0 spiro atoms. The highest BCUT2D eigenvalue weighted by atomic mass is 19.4. The summed E-state index contributed by atoms with van der Waals surface area (Å²) in [5.74, 6) is 0. The van der Waals surface area contributed by atoms with Crippen LogP contribution in [0.5, 0.6) is 0 Å². The second-order valence-electron chi connectivity index (χ2n) is 2.61. The Morgan fingerprint density at radius 1 is 1.62 bits per heavy atom. The van der Waals surface area contributed by atoms with Crippen molar-refractivity contribution in [1.29, 1.82) is 0 Å². The van der Waals surface area contributed by atoms with E-state index < -0.39 is 18.8 Å². The van der Waals surface area contributed by atoms with Crippen LogP contribution in [0.15, 0.2) is 6.20 Å². The van der Waals surface area contributed by atoms with Gasteiger partial charge in [0.1, 0.15) is 6.54 Å². The number of rotatable bonds is 2. The lowest BCUT2D eigenvalue weighted by Gasteiger charge is -2.09. The molecule has 7 heteroatoms. The molecule has 1 N–H and O–H groups in total. The van der Waals surface area contributed by atoms with Crippen molar-refractivity contribution >= 4 is 0 Å². The number of alkyl halides is 3. The van der Waals surface area contributed by atoms with Gasteiger partial charge in [-0.15, -0.1) is 5.10 Å². The van der Waals surface area contributed by atoms with Gasteiger partial charge in [-0.05, 0) is 6.92 Å². The molecular weight excluding hydrogens is 187 g/mol. The lowest BCUT2D eigenvalue weighted by Crippen LogP contribution is -2.21. The molecule has 1 atom stereocenters. The molecule has 74 valence electrons. The highest BCUT2D eigenvalue weighted by Crippen LogP contribution is 2.19. The fourth-order valence-corrected chi connectivity index (χ4v) is 0.882. The fourth-order valence-electron chi connectivity index (χ4n) is 0.882. The quantitative estimate of drug-likeness (QED) is 0.762. The van der Waals surface area contributed by atoms with Crippen LogP contribution in [0, 0.1) is 0 Å². The molecule has 1 rings (SSSR count). The predicted molar refractivity (Wildman–Crippen MR) is 36.7 cm³/mol. The largest absolute Gasteiger partial charge is 0.408 e. The Morgan fingerprint density at radius 3 is 2.69 bits per heavy atom. The summed E-state index contributed by atoms with van der Waals surface area (Å²) in [6.07, 6.45) is -4.24. The van der Waals surface area contributed by atoms with E-state index in [0.29, 0.717) is 4.68 Å². The van der Waals surface area contributed by atoms with Gasteiger partial charge in [0.2, 0.25) is 0 Å². The number of hydrogen-bond donors (Lipinski definition) is 1. The Bertz CT molecular complexity index is 281. The minimum absolute atomic E-state index is 0.0531. The van der Waals surface area contributed by atoms with Gasteiger partial charge in [0, 0.05) is 0 Å². The summed E-state index contributed by atoms with van der Waals surface area (Å²) in [6, 6.07) is 0. The molecule has 1 aromatic heterocycles. The Morgan fingerprint density at radius 2 is 2.23 bits per heavy atom. The van der Waals surface area contributed by atoms with Crippen LogP contribution in [0.3, 0.4) is 0 Å². The molecule has 0 aromatic carbocycles. The predicted octanol–water partition coefficient (Wildman–Crippen LogP) is 0.894. The first-order valence-electron chi connectivity index (χ1n) is 3.53. The SMILES string of the molecule is CC(O)c1cnnn1CC(F)(F)F. The smallest absolute Gasteiger partial charge is 0.387 e. The van der Waals surface area contributed by atoms with Gasteiger partial charge >= 0.3 is 6.18 Å². The first-order chi connectivity index (χ1) is 5.90. The molecule has 0 saturated heterocycles. The highest BCUT2D eigenvalue weighted by Gasteiger charge is 2.30. The minimum Gasteiger partial charge on any atom is -0.387 e. The molecule has 1 heterocycles. The number of aliphatic hydroxyl groups is 1. The van der Waals surface area contributed by atoms with E-state index in [1.807, 2.05) is 0 Å². The third-order valence-corrected chi connectivity index (χ3v) is 1.40. The molecule has 0 amide bonds. The third-order valence-electron chi connectivity index (χ3n) is 1.40. The summed E-state index contributed by atoms with van der Waals surface area (Å²) >= 11 is 0. The molecule has 0 aliphatic heterocycles. The molecule has 0 bridgehead atoms. The maximum atomic E-state index is 11.9. The number of aliphatic hydroxyl groups excluding tert-OH is 1. The van der Waals surface area contributed by atoms with E-state index >= 15 is 0 Å². The number of nitrogens with zero attached hydrogens (tertiary/aromatic N) is 3. The molecule has 0 fully saturated rings. The molecule has 1 aromatic rings. The van der Waals surface area contributed by atoms with E-state index in [2.05, 4.69) is 10.3 Å². The summed E-state index contributed by atoms with van der Waals surface area (Å²) in [5.41, 5.74) is 0.0531. The average Bonchev–Trinajstić information content (AvgIpc) is 2.31. The molecule has 1 unspecified atom stereocenters. The minimum atomic E-state index is -4.35. The number of hydrogen-bond acceptors (Lipinski definition) is 3. The van der Waals surface area contributed by atoms with Gasteiger partial charge < -0.3 is 5.11 Å². The zero-order chi connectivity index (χ0) is 10.1. The van der Waals surface area contributed by atoms with Gasteiger partial charge in [-0.1, -0.05) is 5.21 Å². The van der Waals surface area contributed by atoms with E-state index in [-0.39, 0.29) is 5.69 Å². The van der Waals surface area contributed by atoms with Gasteiger partial charge in [-0.2, -0.15) is 13.2 Å². The molecule has 4 nitrogen and oxygen atoms in total. The lowest BCUT2D eigenvalue weighted by atomic mass is 10.3. The first kappa shape index (κ1) is 9.97. The molecular formula is C6H8F3N3O. The summed E-state index contributed by atoms with van der Waals surface area (Å²) in [5, 5.41) is 15.5. The second-order valence-corrected chi connectivity index (χ2v) is 2.61. The fraction of sp³-hybridized carbons (Fsp3) is 0.667. The van der Waals surface area contributed by atoms with Gasteiger partial charge in [0.15, 0.2) is 0 Å². The number of halogens is 3. The number of aromatic nitrogens is 3. The third kappa shape index (κ3) is 2.69. The van der Waals surface area contributed by atoms with Crippen LogP contribution in [0.25, 0.3) is 0 Å². The molecule has 0 aliphatic carbocycles. The van der Waals surface area contributed by atoms with E-state index in [9.17, 15) is 13.2 Å². The summed E-state index contributed by atoms with van der Waals surface area (Å²) < 4.78 is 36.3. The molecule has 0 aliphatic rings. The summed E-state index contributed by atoms with van der Waals surface area (Å²) in [7, 11) is 0. The second kappa shape index (κ2) is 3.33. The van der Waals surface area contributed by atoms with Crippen molar-refractivity contribution in [2.75, 3.05) is 0 Å². The highest BCUT2D eigenvalue weighted by molar-refractivity contribution is 4.97. The van der Waals surface area contributed by atoms with E-state index in [0.717, 1.165) is 6.20 Å². The summed E-state index contributed by atoms with van der Waals surface area (Å²) in [4.78, 5) is 0. The van der Waals surface area contributed by atoms with Gasteiger partial charge in [0.25, 0.3) is 0 Å². The first-order valence-corrected chi connectivity index (χ1v) is 3.53. The molecule has 13 heavy (non-hydrogen) atoms. The van der Waals surface area contributed by atoms with Crippen molar-refractivity contribution in [3.63, 3.8) is 0 Å². The van der Waals surface area contributed by atoms with Crippen molar-refractivity contribution < 1.29 is 18.3 Å². The maximum Gasteiger partial charge on any atom is 0.408 e. The Labute approximate surface area is 72.0 Å². The standard InChI is InChI=1S/C6H8F3N3O/c1-4(13)5-2-10-11-12(5)3-6(7,8)9/h2,4,13H,3H2,1H3. The average molecular weight is 195 g/mol. The molecule has 0 saturated carbocycles. The van der Waals surface area contributed by atoms with Crippen LogP contribution in [0.2, 0.25) is 0 Å². The normalized spacial score (nSPS) is 14.5. The van der Waals surface area contributed by atoms with Crippen LogP contribution in [0.1, 0.15) is 18.7 Å². The van der Waals surface area contributed by atoms with Crippen LogP contribution in [-0.4, -0.2) is 26.3 Å². The Hall–Kier alpha value is -1.11. The van der Waals surface area contributed by atoms with Crippen molar-refractivity contribution in [2.24, 2.45) is 0 Å². The van der Waals surface area contributed by atoms with Crippen molar-refractivity contribution in [1.82, 2.24) is 15.0 Å². The van der Waals surface area contributed by atoms with Gasteiger partial charge in [-0.3, -0.25) is 0 Å². The van der Waals surface area contributed by atoms with E-state index in [1.165, 1.54) is 6.92 Å². The monoisotopic (exact) mass is 195 g/mol. The van der Waals surface area contributed by atoms with Gasteiger partial charge in [0.05, 0.1) is 18.0 Å². The van der Waals surface area contributed by atoms with Crippen molar-refractivity contribution in [3.8, 4) is 0 Å². The lowest BCUT2D eigenvalue weighted by molar-refractivity contribution is -0.143. The zero-order valence-corrected chi connectivity index (χ0v) is 6.78. The van der Waals surface area contributed by atoms with Crippen LogP contribution in [-0.2, 0) is 6.54 Å². The Balaban J connectivity index is 2.83. The van der Waals surface area contributed by atoms with E-state index in [4.69, 9.17) is 5.11 Å². The van der Waals surface area contributed by atoms with Crippen molar-refractivity contribution in [2.45, 2.75) is 25.7 Å². The summed E-state index contributed by atoms with van der Waals surface area (Å²) in [6.45, 7) is 0.124. The Kier molecular flexibility index (Phi) is 2.55. The zero-order valence-electron chi connectivity index (χ0n) is 6.78. The maximum absolute atomic E-state index is 11.9. The van der Waals surface area contributed by atoms with Crippen LogP contribution >= 0.6 is 0 Å².